The summed E-state index contributed by atoms with van der Waals surface area (Å²) in [5, 5.41) is 12.1. The summed E-state index contributed by atoms with van der Waals surface area (Å²) in [6.07, 6.45) is 1.76. The van der Waals surface area contributed by atoms with Crippen molar-refractivity contribution in [3.05, 3.63) is 45.1 Å². The van der Waals surface area contributed by atoms with Crippen LogP contribution in [0, 0.1) is 23.7 Å². The highest BCUT2D eigenvalue weighted by atomic mass is 127. The van der Waals surface area contributed by atoms with Crippen molar-refractivity contribution in [2.24, 2.45) is 23.7 Å². The maximum Gasteiger partial charge on any atom is 0.306 e. The fourth-order valence-electron chi connectivity index (χ4n) is 8.14. The lowest BCUT2D eigenvalue weighted by atomic mass is 9.98. The lowest BCUT2D eigenvalue weighted by Gasteiger charge is -2.49. The molecule has 0 radical (unpaired) electrons. The van der Waals surface area contributed by atoms with Gasteiger partial charge in [0.25, 0.3) is 0 Å². The van der Waals surface area contributed by atoms with Crippen LogP contribution in [-0.4, -0.2) is 155 Å². The highest BCUT2D eigenvalue weighted by Crippen LogP contribution is 2.46. The fraction of sp³-hybridized carbons (Fsp3) is 0.644. The summed E-state index contributed by atoms with van der Waals surface area (Å²) >= 11 is 21.1. The highest BCUT2D eigenvalue weighted by Gasteiger charge is 2.51. The van der Waals surface area contributed by atoms with Gasteiger partial charge in [0, 0.05) is 69.4 Å². The standard InChI is InChI=1S/C12H14NO5PS2.C12H16NO3PS2.C11H15NO3S.C9H12INOS.CH5ISi/c1-6-10(15)13-9(12(16)17)7(5-21-11(6)13)4-18-8(14)2-3-19-20;1-7-11(15)13-8(2)9(6-19-12(7)13)5-16-10(14)3-4-17-18;1-6-10(14)12-7(2)9(4-15-8(3)13)5-16-11(6)12;1-5-8(12)11-6(2)7(3-10)4-13-9(5)11;1-3-2/h6,11H,2-5H2,1H3,(H,16,17);7,12H,3-6H2,1-2H3;6,11H,4-5H2,1-3H3;5,9H,3-4H2,1-2H3;3H2,1H3/p-1. The second-order valence-corrected chi connectivity index (χ2v) is 30.6. The van der Waals surface area contributed by atoms with Crippen molar-refractivity contribution in [3.63, 3.8) is 0 Å². The van der Waals surface area contributed by atoms with Gasteiger partial charge < -0.3 is 38.8 Å². The zero-order valence-electron chi connectivity index (χ0n) is 41.6. The number of fused-ring (bicyclic) bond motifs is 4. The molecule has 0 spiro atoms. The third-order valence-corrected chi connectivity index (χ3v) is 21.3. The summed E-state index contributed by atoms with van der Waals surface area (Å²) in [5.41, 5.74) is 6.89. The number of carbonyl (C=O) groups is 8. The quantitative estimate of drug-likeness (QED) is 0.0278. The molecule has 8 atom stereocenters. The maximum absolute atomic E-state index is 11.8. The van der Waals surface area contributed by atoms with Crippen molar-refractivity contribution in [2.75, 3.05) is 59.6 Å². The predicted octanol–water partition coefficient (Wildman–Crippen LogP) is 6.21. The zero-order chi connectivity index (χ0) is 53.7. The number of β-lactam (4-membered cyclic amide) rings is 4. The van der Waals surface area contributed by atoms with Crippen molar-refractivity contribution in [2.45, 2.75) is 96.3 Å². The Hall–Kier alpha value is -1.16. The molecule has 16 nitrogen and oxygen atoms in total. The third kappa shape index (κ3) is 15.3. The number of rotatable bonds is 14. The Morgan fingerprint density at radius 2 is 0.917 bits per heavy atom. The van der Waals surface area contributed by atoms with Gasteiger partial charge in [0.1, 0.15) is 19.8 Å². The molecule has 0 saturated carbocycles. The Balaban J connectivity index is 0.000000207. The van der Waals surface area contributed by atoms with Crippen LogP contribution < -0.4 is 5.11 Å². The van der Waals surface area contributed by atoms with Gasteiger partial charge in [-0.15, -0.1) is 68.8 Å². The van der Waals surface area contributed by atoms with E-state index in [0.29, 0.717) is 62.3 Å². The van der Waals surface area contributed by atoms with Crippen LogP contribution in [0.4, 0.5) is 0 Å². The Morgan fingerprint density at radius 3 is 1.26 bits per heavy atom. The van der Waals surface area contributed by atoms with E-state index in [1.165, 1.54) is 34.9 Å². The number of thioether (sulfide) groups is 4. The van der Waals surface area contributed by atoms with Gasteiger partial charge in [0.05, 0.1) is 76.7 Å². The van der Waals surface area contributed by atoms with Crippen LogP contribution in [0.2, 0.25) is 6.55 Å². The topological polar surface area (TPSA) is 200 Å². The number of esters is 3. The minimum atomic E-state index is -1.41. The van der Waals surface area contributed by atoms with E-state index in [1.807, 2.05) is 61.1 Å². The molecule has 4 fully saturated rings. The highest BCUT2D eigenvalue weighted by molar-refractivity contribution is 14.1. The average Bonchev–Trinajstić information content (AvgIpc) is 3.37. The fourth-order valence-corrected chi connectivity index (χ4v) is 16.2. The van der Waals surface area contributed by atoms with Gasteiger partial charge in [-0.3, -0.25) is 38.5 Å². The van der Waals surface area contributed by atoms with Crippen LogP contribution in [0.25, 0.3) is 0 Å². The number of carboxylic acids is 1. The number of halogens is 2. The number of hydrogen-bond donors (Lipinski definition) is 0. The maximum atomic E-state index is 11.8. The largest absolute Gasteiger partial charge is 0.543 e. The van der Waals surface area contributed by atoms with Crippen LogP contribution >= 0.6 is 106 Å². The molecular weight excluding hydrogens is 1320 g/mol. The van der Waals surface area contributed by atoms with Gasteiger partial charge in [-0.25, -0.2) is 0 Å². The number of ether oxygens (including phenoxy) is 3. The van der Waals surface area contributed by atoms with Gasteiger partial charge >= 0.3 is 17.9 Å². The summed E-state index contributed by atoms with van der Waals surface area (Å²) in [4.78, 5) is 98.6. The molecule has 8 rings (SSSR count). The van der Waals surface area contributed by atoms with Crippen molar-refractivity contribution < 1.29 is 57.7 Å². The van der Waals surface area contributed by atoms with Crippen molar-refractivity contribution in [1.82, 2.24) is 19.6 Å². The monoisotopic (exact) mass is 1380 g/mol. The summed E-state index contributed by atoms with van der Waals surface area (Å²) < 4.78 is 16.3. The SMILES string of the molecule is CC(=O)OCC1=C(C)N2C(=O)C(C)C2SC1.CC1=C(CI)CSC2C(C)C(=O)N12.CC1=C(COC(=O)CCP=S)CSC2C(C)C(=O)N12.CC1C(=O)N2C(C(=O)[O-])=C(COC(=O)CCP=S)CSC12.C[SiH2]I. The van der Waals surface area contributed by atoms with Crippen LogP contribution in [0.15, 0.2) is 45.1 Å². The summed E-state index contributed by atoms with van der Waals surface area (Å²) in [6, 6.07) is 0. The second kappa shape index (κ2) is 30.1. The number of hydrogen-bond acceptors (Lipinski definition) is 18. The predicted molar refractivity (Wildman–Crippen MR) is 313 cm³/mol. The van der Waals surface area contributed by atoms with E-state index < -0.39 is 11.9 Å². The van der Waals surface area contributed by atoms with E-state index in [0.717, 1.165) is 51.6 Å². The molecule has 0 aromatic heterocycles. The van der Waals surface area contributed by atoms with Gasteiger partial charge in [-0.1, -0.05) is 80.4 Å². The number of carbonyl (C=O) groups excluding carboxylic acids is 8. The molecule has 8 unspecified atom stereocenters. The zero-order valence-corrected chi connectivity index (χ0v) is 54.0. The van der Waals surface area contributed by atoms with Crippen LogP contribution in [0.1, 0.15) is 68.2 Å². The molecule has 0 N–H and O–H groups in total. The van der Waals surface area contributed by atoms with Crippen LogP contribution in [0.5, 0.6) is 0 Å². The Kier molecular flexibility index (Phi) is 26.5. The van der Waals surface area contributed by atoms with E-state index >= 15 is 0 Å². The number of allylic oxidation sites excluding steroid dienone is 3. The van der Waals surface area contributed by atoms with Crippen molar-refractivity contribution in [1.29, 1.82) is 0 Å². The van der Waals surface area contributed by atoms with Crippen molar-refractivity contribution in [3.8, 4) is 0 Å². The van der Waals surface area contributed by atoms with E-state index in [9.17, 15) is 43.5 Å². The van der Waals surface area contributed by atoms with Gasteiger partial charge in [0.15, 0.2) is 0 Å². The minimum absolute atomic E-state index is 0.107. The smallest absolute Gasteiger partial charge is 0.306 e. The molecule has 0 bridgehead atoms. The van der Waals surface area contributed by atoms with Crippen LogP contribution in [0.3, 0.4) is 0 Å². The molecule has 4 amide bonds. The third-order valence-electron chi connectivity index (χ3n) is 12.6. The second-order valence-electron chi connectivity index (χ2n) is 17.3. The molecule has 398 valence electrons. The Labute approximate surface area is 481 Å². The summed E-state index contributed by atoms with van der Waals surface area (Å²) in [6.45, 7) is 17.8. The van der Waals surface area contributed by atoms with Gasteiger partial charge in [-0.05, 0) is 52.2 Å². The first-order chi connectivity index (χ1) is 34.1. The van der Waals surface area contributed by atoms with Gasteiger partial charge in [-0.2, -0.15) is 0 Å². The lowest BCUT2D eigenvalue weighted by molar-refractivity contribution is -0.301. The van der Waals surface area contributed by atoms with E-state index in [-0.39, 0.29) is 94.8 Å². The normalized spacial score (nSPS) is 26.9. The number of aliphatic carboxylic acids is 1. The molecule has 8 heterocycles. The number of alkyl halides is 1. The molecule has 0 aromatic carbocycles. The minimum Gasteiger partial charge on any atom is -0.543 e. The van der Waals surface area contributed by atoms with Crippen LogP contribution in [-0.2, 0) is 76.2 Å². The van der Waals surface area contributed by atoms with E-state index in [4.69, 9.17) is 37.8 Å². The first-order valence-corrected chi connectivity index (χ1v) is 39.5. The molecule has 8 aliphatic heterocycles. The molecule has 72 heavy (non-hydrogen) atoms. The molecule has 4 saturated heterocycles. The molecule has 0 aliphatic carbocycles. The first-order valence-electron chi connectivity index (χ1n) is 23.1. The Morgan fingerprint density at radius 1 is 0.611 bits per heavy atom. The van der Waals surface area contributed by atoms with E-state index in [2.05, 4.69) is 57.9 Å². The number of nitrogens with zero attached hydrogens (tertiary/aromatic N) is 4. The molecular formula is C45H61I2N4O12P2S6Si-. The average molecular weight is 1390 g/mol. The summed E-state index contributed by atoms with van der Waals surface area (Å²) in [7, 11) is 1.86. The lowest BCUT2D eigenvalue weighted by Crippen LogP contribution is -2.61. The first kappa shape index (κ1) is 63.4. The summed E-state index contributed by atoms with van der Waals surface area (Å²) in [5.74, 6) is 1.54. The molecule has 27 heteroatoms. The van der Waals surface area contributed by atoms with Gasteiger partial charge in [0.2, 0.25) is 23.6 Å². The van der Waals surface area contributed by atoms with E-state index in [1.54, 1.807) is 30.4 Å². The molecule has 8 aliphatic rings. The number of amides is 4. The molecule has 0 aromatic rings. The Bertz CT molecular complexity index is 2300. The number of carboxylic acid groups (broad SMARTS) is 1. The van der Waals surface area contributed by atoms with Crippen molar-refractivity contribution >= 4 is 184 Å².